The molecule has 0 aliphatic carbocycles. The molecule has 2 amide bonds. The zero-order valence-corrected chi connectivity index (χ0v) is 6.74. The van der Waals surface area contributed by atoms with Gasteiger partial charge >= 0.3 is 11.8 Å². The first-order valence-electron chi connectivity index (χ1n) is 3.54. The molecule has 0 spiro atoms. The van der Waals surface area contributed by atoms with Crippen LogP contribution in [-0.2, 0) is 16.1 Å². The van der Waals surface area contributed by atoms with Crippen molar-refractivity contribution in [2.75, 3.05) is 0 Å². The molecular formula is C7H9N3O3. The third kappa shape index (κ3) is 2.60. The maximum Gasteiger partial charge on any atom is 0.323 e. The molecule has 0 radical (unpaired) electrons. The van der Waals surface area contributed by atoms with Crippen molar-refractivity contribution in [1.29, 1.82) is 0 Å². The molecule has 4 N–H and O–H groups in total. The van der Waals surface area contributed by atoms with Crippen LogP contribution in [0.15, 0.2) is 23.0 Å². The van der Waals surface area contributed by atoms with Crippen molar-refractivity contribution < 1.29 is 14.0 Å². The molecule has 6 heteroatoms. The molecule has 0 aromatic carbocycles. The smallest absolute Gasteiger partial charge is 0.323 e. The number of carbonyl (C=O) groups is 2. The van der Waals surface area contributed by atoms with E-state index in [1.807, 2.05) is 0 Å². The Kier molecular flexibility index (Phi) is 3.04. The van der Waals surface area contributed by atoms with E-state index in [0.717, 1.165) is 5.56 Å². The Balaban J connectivity index is 2.35. The van der Waals surface area contributed by atoms with Crippen molar-refractivity contribution in [3.05, 3.63) is 24.2 Å². The summed E-state index contributed by atoms with van der Waals surface area (Å²) in [6.45, 7) is 0.239. The summed E-state index contributed by atoms with van der Waals surface area (Å²) in [5.41, 5.74) is 2.50. The van der Waals surface area contributed by atoms with Crippen LogP contribution in [0.2, 0.25) is 0 Å². The van der Waals surface area contributed by atoms with E-state index in [1.165, 1.54) is 12.5 Å². The SMILES string of the molecule is NNC(=O)C(=O)NCc1ccoc1. The third-order valence-electron chi connectivity index (χ3n) is 1.37. The fourth-order valence-corrected chi connectivity index (χ4v) is 0.721. The minimum Gasteiger partial charge on any atom is -0.472 e. The van der Waals surface area contributed by atoms with Crippen LogP contribution in [0.5, 0.6) is 0 Å². The van der Waals surface area contributed by atoms with Crippen LogP contribution in [-0.4, -0.2) is 11.8 Å². The van der Waals surface area contributed by atoms with Crippen LogP contribution in [0, 0.1) is 0 Å². The summed E-state index contributed by atoms with van der Waals surface area (Å²) < 4.78 is 4.76. The molecule has 1 rings (SSSR count). The number of rotatable bonds is 2. The largest absolute Gasteiger partial charge is 0.472 e. The topological polar surface area (TPSA) is 97.4 Å². The maximum absolute atomic E-state index is 10.8. The summed E-state index contributed by atoms with van der Waals surface area (Å²) in [4.78, 5) is 21.4. The molecule has 0 saturated heterocycles. The van der Waals surface area contributed by atoms with Crippen molar-refractivity contribution in [3.63, 3.8) is 0 Å². The zero-order valence-electron chi connectivity index (χ0n) is 6.74. The second kappa shape index (κ2) is 4.27. The summed E-state index contributed by atoms with van der Waals surface area (Å²) in [5.74, 6) is 3.10. The Labute approximate surface area is 74.1 Å². The second-order valence-corrected chi connectivity index (χ2v) is 2.29. The average Bonchev–Trinajstić information content (AvgIpc) is 2.65. The van der Waals surface area contributed by atoms with Crippen LogP contribution < -0.4 is 16.6 Å². The molecule has 0 atom stereocenters. The Morgan fingerprint density at radius 2 is 2.23 bits per heavy atom. The standard InChI is InChI=1S/C7H9N3O3/c8-10-7(12)6(11)9-3-5-1-2-13-4-5/h1-2,4H,3,8H2,(H,9,11)(H,10,12). The highest BCUT2D eigenvalue weighted by Crippen LogP contribution is 1.97. The highest BCUT2D eigenvalue weighted by molar-refractivity contribution is 6.34. The highest BCUT2D eigenvalue weighted by atomic mass is 16.3. The van der Waals surface area contributed by atoms with E-state index >= 15 is 0 Å². The Morgan fingerprint density at radius 3 is 2.77 bits per heavy atom. The molecule has 0 aliphatic rings. The molecule has 1 aromatic heterocycles. The quantitative estimate of drug-likeness (QED) is 0.234. The first kappa shape index (κ1) is 9.27. The minimum absolute atomic E-state index is 0.239. The first-order valence-corrected chi connectivity index (χ1v) is 3.54. The van der Waals surface area contributed by atoms with Crippen LogP contribution in [0.3, 0.4) is 0 Å². The third-order valence-corrected chi connectivity index (χ3v) is 1.37. The van der Waals surface area contributed by atoms with Gasteiger partial charge in [0.2, 0.25) is 0 Å². The van der Waals surface area contributed by atoms with E-state index in [2.05, 4.69) is 5.32 Å². The van der Waals surface area contributed by atoms with Gasteiger partial charge in [-0.3, -0.25) is 15.0 Å². The molecule has 1 aromatic rings. The molecule has 70 valence electrons. The van der Waals surface area contributed by atoms with Crippen molar-refractivity contribution in [2.45, 2.75) is 6.54 Å². The molecule has 0 fully saturated rings. The lowest BCUT2D eigenvalue weighted by Crippen LogP contribution is -2.42. The maximum atomic E-state index is 10.8. The summed E-state index contributed by atoms with van der Waals surface area (Å²) in [7, 11) is 0. The van der Waals surface area contributed by atoms with Crippen LogP contribution >= 0.6 is 0 Å². The first-order chi connectivity index (χ1) is 6.24. The van der Waals surface area contributed by atoms with Crippen molar-refractivity contribution in [3.8, 4) is 0 Å². The van der Waals surface area contributed by atoms with Gasteiger partial charge in [0.05, 0.1) is 12.5 Å². The predicted octanol–water partition coefficient (Wildman–Crippen LogP) is -1.11. The summed E-state index contributed by atoms with van der Waals surface area (Å²) in [6.07, 6.45) is 2.95. The average molecular weight is 183 g/mol. The fourth-order valence-electron chi connectivity index (χ4n) is 0.721. The van der Waals surface area contributed by atoms with E-state index in [4.69, 9.17) is 10.3 Å². The van der Waals surface area contributed by atoms with Gasteiger partial charge in [-0.15, -0.1) is 0 Å². The highest BCUT2D eigenvalue weighted by Gasteiger charge is 2.10. The van der Waals surface area contributed by atoms with E-state index in [0.29, 0.717) is 0 Å². The summed E-state index contributed by atoms with van der Waals surface area (Å²) >= 11 is 0. The molecular weight excluding hydrogens is 174 g/mol. The molecule has 6 nitrogen and oxygen atoms in total. The van der Waals surface area contributed by atoms with Gasteiger partial charge < -0.3 is 9.73 Å². The van der Waals surface area contributed by atoms with Gasteiger partial charge in [0, 0.05) is 12.1 Å². The lowest BCUT2D eigenvalue weighted by Gasteiger charge is -2.00. The number of hydrogen-bond acceptors (Lipinski definition) is 4. The van der Waals surface area contributed by atoms with Gasteiger partial charge in [-0.1, -0.05) is 0 Å². The van der Waals surface area contributed by atoms with Gasteiger partial charge in [-0.2, -0.15) is 0 Å². The van der Waals surface area contributed by atoms with Gasteiger partial charge in [-0.25, -0.2) is 5.84 Å². The van der Waals surface area contributed by atoms with Crippen LogP contribution in [0.1, 0.15) is 5.56 Å². The second-order valence-electron chi connectivity index (χ2n) is 2.29. The van der Waals surface area contributed by atoms with Crippen LogP contribution in [0.4, 0.5) is 0 Å². The number of nitrogens with one attached hydrogen (secondary N) is 2. The van der Waals surface area contributed by atoms with E-state index in [9.17, 15) is 9.59 Å². The number of nitrogens with two attached hydrogens (primary N) is 1. The lowest BCUT2D eigenvalue weighted by atomic mass is 10.3. The van der Waals surface area contributed by atoms with Gasteiger partial charge in [0.25, 0.3) is 0 Å². The molecule has 0 aliphatic heterocycles. The van der Waals surface area contributed by atoms with Crippen molar-refractivity contribution in [2.24, 2.45) is 5.84 Å². The normalized spacial score (nSPS) is 9.31. The molecule has 0 bridgehead atoms. The fraction of sp³-hybridized carbons (Fsp3) is 0.143. The van der Waals surface area contributed by atoms with Gasteiger partial charge in [-0.05, 0) is 6.07 Å². The van der Waals surface area contributed by atoms with Crippen LogP contribution in [0.25, 0.3) is 0 Å². The molecule has 0 unspecified atom stereocenters. The summed E-state index contributed by atoms with van der Waals surface area (Å²) in [5, 5.41) is 2.34. The molecule has 13 heavy (non-hydrogen) atoms. The zero-order chi connectivity index (χ0) is 9.68. The number of hydrazine groups is 1. The monoisotopic (exact) mass is 183 g/mol. The van der Waals surface area contributed by atoms with E-state index in [1.54, 1.807) is 11.5 Å². The van der Waals surface area contributed by atoms with Crippen molar-refractivity contribution >= 4 is 11.8 Å². The number of hydrogen-bond donors (Lipinski definition) is 3. The number of amides is 2. The number of furan rings is 1. The summed E-state index contributed by atoms with van der Waals surface area (Å²) in [6, 6.07) is 1.68. The Morgan fingerprint density at radius 1 is 1.46 bits per heavy atom. The lowest BCUT2D eigenvalue weighted by molar-refractivity contribution is -0.139. The predicted molar refractivity (Wildman–Crippen MR) is 42.9 cm³/mol. The van der Waals surface area contributed by atoms with E-state index < -0.39 is 11.8 Å². The molecule has 1 heterocycles. The molecule has 0 saturated carbocycles. The Bertz CT molecular complexity index is 294. The number of carbonyl (C=O) groups excluding carboxylic acids is 2. The van der Waals surface area contributed by atoms with Gasteiger partial charge in [0.15, 0.2) is 0 Å². The Hall–Kier alpha value is -1.82. The van der Waals surface area contributed by atoms with Crippen molar-refractivity contribution in [1.82, 2.24) is 10.7 Å². The van der Waals surface area contributed by atoms with Gasteiger partial charge in [0.1, 0.15) is 0 Å². The van der Waals surface area contributed by atoms with E-state index in [-0.39, 0.29) is 6.54 Å². The minimum atomic E-state index is -0.872.